The van der Waals surface area contributed by atoms with Gasteiger partial charge in [0.25, 0.3) is 0 Å². The first-order valence-corrected chi connectivity index (χ1v) is 5.99. The molecular weight excluding hydrogens is 258 g/mol. The summed E-state index contributed by atoms with van der Waals surface area (Å²) in [4.78, 5) is 11.0. The Hall–Kier alpha value is -1.85. The number of phenols is 1. The largest absolute Gasteiger partial charge is 0.507 e. The molecular formula is C13H14F2O4. The predicted octanol–water partition coefficient (Wildman–Crippen LogP) is 3.05. The maximum Gasteiger partial charge on any atom is 0.343 e. The summed E-state index contributed by atoms with van der Waals surface area (Å²) in [6.07, 6.45) is -0.638. The van der Waals surface area contributed by atoms with Crippen LogP contribution in [0.25, 0.3) is 0 Å². The van der Waals surface area contributed by atoms with Crippen molar-refractivity contribution in [3.05, 3.63) is 23.8 Å². The number of rotatable bonds is 3. The monoisotopic (exact) mass is 272 g/mol. The van der Waals surface area contributed by atoms with Gasteiger partial charge in [0.1, 0.15) is 17.1 Å². The lowest BCUT2D eigenvalue weighted by Gasteiger charge is -2.29. The van der Waals surface area contributed by atoms with Crippen molar-refractivity contribution >= 4 is 5.97 Å². The minimum atomic E-state index is -2.66. The molecule has 0 bridgehead atoms. The molecule has 0 unspecified atom stereocenters. The molecule has 104 valence electrons. The van der Waals surface area contributed by atoms with Crippen LogP contribution in [0.4, 0.5) is 8.78 Å². The van der Waals surface area contributed by atoms with Crippen molar-refractivity contribution in [3.63, 3.8) is 0 Å². The average molecular weight is 272 g/mol. The lowest BCUT2D eigenvalue weighted by atomic mass is 9.94. The molecule has 6 heteroatoms. The highest BCUT2D eigenvalue weighted by Gasteiger charge is 2.36. The maximum atomic E-state index is 13.0. The number of aromatic carboxylic acids is 1. The average Bonchev–Trinajstić information content (AvgIpc) is 2.31. The Morgan fingerprint density at radius 1 is 1.32 bits per heavy atom. The van der Waals surface area contributed by atoms with Crippen LogP contribution < -0.4 is 4.74 Å². The number of carboxylic acid groups (broad SMARTS) is 1. The molecule has 2 rings (SSSR count). The number of alkyl halides is 2. The van der Waals surface area contributed by atoms with Crippen molar-refractivity contribution in [2.75, 3.05) is 0 Å². The molecule has 1 aliphatic rings. The van der Waals surface area contributed by atoms with E-state index < -0.39 is 23.7 Å². The summed E-state index contributed by atoms with van der Waals surface area (Å²) < 4.78 is 31.4. The van der Waals surface area contributed by atoms with Crippen LogP contribution in [0.3, 0.4) is 0 Å². The van der Waals surface area contributed by atoms with Crippen molar-refractivity contribution in [3.8, 4) is 11.5 Å². The van der Waals surface area contributed by atoms with Gasteiger partial charge in [-0.25, -0.2) is 13.6 Å². The van der Waals surface area contributed by atoms with E-state index in [0.29, 0.717) is 0 Å². The van der Waals surface area contributed by atoms with Gasteiger partial charge in [-0.1, -0.05) is 6.07 Å². The normalized spacial score (nSPS) is 19.1. The number of halogens is 2. The van der Waals surface area contributed by atoms with E-state index in [0.717, 1.165) is 0 Å². The maximum absolute atomic E-state index is 13.0. The molecule has 1 aromatic carbocycles. The van der Waals surface area contributed by atoms with Gasteiger partial charge in [-0.05, 0) is 25.0 Å². The van der Waals surface area contributed by atoms with Crippen LogP contribution in [-0.2, 0) is 0 Å². The number of benzene rings is 1. The van der Waals surface area contributed by atoms with Crippen molar-refractivity contribution in [2.45, 2.75) is 37.7 Å². The van der Waals surface area contributed by atoms with Gasteiger partial charge in [0, 0.05) is 12.8 Å². The summed E-state index contributed by atoms with van der Waals surface area (Å²) in [6, 6.07) is 4.11. The Balaban J connectivity index is 2.12. The molecule has 4 nitrogen and oxygen atoms in total. The highest BCUT2D eigenvalue weighted by molar-refractivity contribution is 5.93. The zero-order valence-electron chi connectivity index (χ0n) is 10.1. The van der Waals surface area contributed by atoms with Crippen molar-refractivity contribution in [2.24, 2.45) is 0 Å². The van der Waals surface area contributed by atoms with E-state index in [1.54, 1.807) is 0 Å². The molecule has 0 heterocycles. The number of hydrogen-bond acceptors (Lipinski definition) is 3. The molecule has 1 aromatic rings. The molecule has 0 radical (unpaired) electrons. The Bertz CT molecular complexity index is 478. The van der Waals surface area contributed by atoms with Crippen LogP contribution in [0.2, 0.25) is 0 Å². The third-order valence-electron chi connectivity index (χ3n) is 3.18. The first kappa shape index (κ1) is 13.6. The third-order valence-corrected chi connectivity index (χ3v) is 3.18. The number of carboxylic acids is 1. The molecule has 0 spiro atoms. The summed E-state index contributed by atoms with van der Waals surface area (Å²) in [5, 5.41) is 18.5. The summed E-state index contributed by atoms with van der Waals surface area (Å²) in [6.45, 7) is 0. The fourth-order valence-electron chi connectivity index (χ4n) is 2.14. The summed E-state index contributed by atoms with van der Waals surface area (Å²) in [5.41, 5.74) is -0.333. The van der Waals surface area contributed by atoms with E-state index in [2.05, 4.69) is 0 Å². The number of ether oxygens (including phenoxy) is 1. The second-order valence-corrected chi connectivity index (χ2v) is 4.63. The lowest BCUT2D eigenvalue weighted by molar-refractivity contribution is -0.0584. The summed E-state index contributed by atoms with van der Waals surface area (Å²) in [5.74, 6) is -4.35. The van der Waals surface area contributed by atoms with Crippen LogP contribution in [0, 0.1) is 0 Å². The van der Waals surface area contributed by atoms with E-state index in [9.17, 15) is 18.7 Å². The Labute approximate surface area is 108 Å². The Morgan fingerprint density at radius 3 is 2.53 bits per heavy atom. The van der Waals surface area contributed by atoms with Gasteiger partial charge in [-0.3, -0.25) is 0 Å². The molecule has 1 saturated carbocycles. The zero-order chi connectivity index (χ0) is 14.0. The predicted molar refractivity (Wildman–Crippen MR) is 62.9 cm³/mol. The molecule has 19 heavy (non-hydrogen) atoms. The molecule has 0 aromatic heterocycles. The number of aromatic hydroxyl groups is 1. The molecule has 0 aliphatic heterocycles. The first-order chi connectivity index (χ1) is 8.89. The standard InChI is InChI=1S/C13H14F2O4/c14-13(15)6-4-8(5-7-13)19-10-3-1-2-9(16)11(10)12(17)18/h1-3,8,16H,4-7H2,(H,17,18). The van der Waals surface area contributed by atoms with Crippen molar-refractivity contribution < 1.29 is 28.5 Å². The van der Waals surface area contributed by atoms with E-state index >= 15 is 0 Å². The van der Waals surface area contributed by atoms with Gasteiger partial charge >= 0.3 is 5.97 Å². The molecule has 0 atom stereocenters. The Morgan fingerprint density at radius 2 is 1.95 bits per heavy atom. The van der Waals surface area contributed by atoms with Crippen LogP contribution in [0.15, 0.2) is 18.2 Å². The third kappa shape index (κ3) is 3.13. The quantitative estimate of drug-likeness (QED) is 0.887. The second-order valence-electron chi connectivity index (χ2n) is 4.63. The van der Waals surface area contributed by atoms with Crippen molar-refractivity contribution in [1.82, 2.24) is 0 Å². The molecule has 0 amide bonds. The Kier molecular flexibility index (Phi) is 3.59. The van der Waals surface area contributed by atoms with E-state index in [4.69, 9.17) is 9.84 Å². The van der Waals surface area contributed by atoms with Gasteiger partial charge in [0.15, 0.2) is 0 Å². The summed E-state index contributed by atoms with van der Waals surface area (Å²) >= 11 is 0. The van der Waals surface area contributed by atoms with Crippen LogP contribution in [0.1, 0.15) is 36.0 Å². The molecule has 2 N–H and O–H groups in total. The van der Waals surface area contributed by atoms with E-state index in [-0.39, 0.29) is 37.0 Å². The molecule has 1 fully saturated rings. The van der Waals surface area contributed by atoms with Gasteiger partial charge in [-0.15, -0.1) is 0 Å². The van der Waals surface area contributed by atoms with Crippen molar-refractivity contribution in [1.29, 1.82) is 0 Å². The minimum absolute atomic E-state index is 0.0164. The topological polar surface area (TPSA) is 66.8 Å². The highest BCUT2D eigenvalue weighted by atomic mass is 19.3. The molecule has 1 aliphatic carbocycles. The lowest BCUT2D eigenvalue weighted by Crippen LogP contribution is -2.31. The smallest absolute Gasteiger partial charge is 0.343 e. The van der Waals surface area contributed by atoms with Gasteiger partial charge in [0.2, 0.25) is 5.92 Å². The van der Waals surface area contributed by atoms with Gasteiger partial charge < -0.3 is 14.9 Å². The summed E-state index contributed by atoms with van der Waals surface area (Å²) in [7, 11) is 0. The highest BCUT2D eigenvalue weighted by Crippen LogP contribution is 2.36. The number of carbonyl (C=O) groups is 1. The van der Waals surface area contributed by atoms with Crippen LogP contribution in [0.5, 0.6) is 11.5 Å². The fraction of sp³-hybridized carbons (Fsp3) is 0.462. The SMILES string of the molecule is O=C(O)c1c(O)cccc1OC1CCC(F)(F)CC1. The van der Waals surface area contributed by atoms with E-state index in [1.165, 1.54) is 18.2 Å². The van der Waals surface area contributed by atoms with Crippen LogP contribution >= 0.6 is 0 Å². The van der Waals surface area contributed by atoms with Gasteiger partial charge in [0.05, 0.1) is 6.10 Å². The number of hydrogen-bond donors (Lipinski definition) is 2. The zero-order valence-corrected chi connectivity index (χ0v) is 10.1. The van der Waals surface area contributed by atoms with E-state index in [1.807, 2.05) is 0 Å². The minimum Gasteiger partial charge on any atom is -0.507 e. The van der Waals surface area contributed by atoms with Gasteiger partial charge in [-0.2, -0.15) is 0 Å². The van der Waals surface area contributed by atoms with Crippen LogP contribution in [-0.4, -0.2) is 28.2 Å². The first-order valence-electron chi connectivity index (χ1n) is 5.99. The molecule has 0 saturated heterocycles. The fourth-order valence-corrected chi connectivity index (χ4v) is 2.14. The second kappa shape index (κ2) is 5.03.